The van der Waals surface area contributed by atoms with E-state index in [2.05, 4.69) is 5.32 Å². The highest BCUT2D eigenvalue weighted by Crippen LogP contribution is 2.18. The number of aromatic amines is 1. The third-order valence-electron chi connectivity index (χ3n) is 2.80. The highest BCUT2D eigenvalue weighted by Gasteiger charge is 2.19. The molecule has 1 aliphatic carbocycles. The van der Waals surface area contributed by atoms with Crippen LogP contribution in [-0.2, 0) is 6.54 Å². The molecule has 0 atom stereocenters. The maximum absolute atomic E-state index is 12.9. The van der Waals surface area contributed by atoms with E-state index < -0.39 is 17.1 Å². The number of nitrogens with zero attached hydrogens (tertiary/aromatic N) is 1. The van der Waals surface area contributed by atoms with Gasteiger partial charge in [0.2, 0.25) is 5.82 Å². The molecule has 1 aliphatic rings. The van der Waals surface area contributed by atoms with Crippen molar-refractivity contribution in [1.82, 2.24) is 14.9 Å². The first-order chi connectivity index (χ1) is 8.16. The Morgan fingerprint density at radius 1 is 1.41 bits per heavy atom. The molecular weight excluding hydrogens is 225 g/mol. The van der Waals surface area contributed by atoms with Crippen LogP contribution in [0.4, 0.5) is 4.39 Å². The summed E-state index contributed by atoms with van der Waals surface area (Å²) in [6.07, 6.45) is 5.19. The van der Waals surface area contributed by atoms with Gasteiger partial charge in [-0.25, -0.2) is 4.79 Å². The highest BCUT2D eigenvalue weighted by molar-refractivity contribution is 4.87. The second-order valence-electron chi connectivity index (χ2n) is 4.37. The number of rotatable bonds is 6. The minimum atomic E-state index is -0.957. The number of unbranched alkanes of at least 4 members (excludes halogenated alkanes) is 1. The van der Waals surface area contributed by atoms with Gasteiger partial charge in [0, 0.05) is 12.6 Å². The molecule has 1 fully saturated rings. The highest BCUT2D eigenvalue weighted by atomic mass is 19.1. The van der Waals surface area contributed by atoms with Crippen molar-refractivity contribution in [2.45, 2.75) is 38.3 Å². The zero-order valence-corrected chi connectivity index (χ0v) is 9.54. The quantitative estimate of drug-likeness (QED) is 0.700. The lowest BCUT2D eigenvalue weighted by Crippen LogP contribution is -2.31. The zero-order valence-electron chi connectivity index (χ0n) is 9.54. The maximum Gasteiger partial charge on any atom is 0.328 e. The molecule has 1 aromatic heterocycles. The summed E-state index contributed by atoms with van der Waals surface area (Å²) in [5.74, 6) is -0.916. The molecule has 6 heteroatoms. The Labute approximate surface area is 97.7 Å². The Bertz CT molecular complexity index is 490. The summed E-state index contributed by atoms with van der Waals surface area (Å²) in [7, 11) is 0. The summed E-state index contributed by atoms with van der Waals surface area (Å²) < 4.78 is 14.1. The molecule has 0 spiro atoms. The number of halogens is 1. The van der Waals surface area contributed by atoms with E-state index in [-0.39, 0.29) is 0 Å². The van der Waals surface area contributed by atoms with Gasteiger partial charge in [0.15, 0.2) is 0 Å². The smallest absolute Gasteiger partial charge is 0.314 e. The lowest BCUT2D eigenvalue weighted by atomic mass is 10.3. The lowest BCUT2D eigenvalue weighted by molar-refractivity contribution is 0.518. The fraction of sp³-hybridized carbons (Fsp3) is 0.636. The van der Waals surface area contributed by atoms with Gasteiger partial charge in [-0.3, -0.25) is 14.3 Å². The number of aromatic nitrogens is 2. The minimum Gasteiger partial charge on any atom is -0.314 e. The summed E-state index contributed by atoms with van der Waals surface area (Å²) in [6.45, 7) is 1.35. The van der Waals surface area contributed by atoms with Crippen molar-refractivity contribution in [2.75, 3.05) is 6.54 Å². The van der Waals surface area contributed by atoms with Crippen LogP contribution in [0.15, 0.2) is 15.8 Å². The molecule has 1 saturated carbocycles. The molecule has 0 aliphatic heterocycles. The topological polar surface area (TPSA) is 66.9 Å². The van der Waals surface area contributed by atoms with Crippen LogP contribution in [0.25, 0.3) is 0 Å². The molecule has 1 aromatic rings. The molecule has 0 unspecified atom stereocenters. The van der Waals surface area contributed by atoms with Crippen molar-refractivity contribution in [1.29, 1.82) is 0 Å². The molecule has 2 rings (SSSR count). The summed E-state index contributed by atoms with van der Waals surface area (Å²) >= 11 is 0. The standard InChI is InChI=1S/C11H16FN3O2/c12-9-7-15(11(17)14-10(9)16)6-2-1-5-13-8-3-4-8/h7-8,13H,1-6H2,(H,14,16,17). The molecule has 1 heterocycles. The molecule has 17 heavy (non-hydrogen) atoms. The van der Waals surface area contributed by atoms with E-state index in [1.54, 1.807) is 0 Å². The monoisotopic (exact) mass is 241 g/mol. The van der Waals surface area contributed by atoms with E-state index in [9.17, 15) is 14.0 Å². The molecular formula is C11H16FN3O2. The molecule has 94 valence electrons. The lowest BCUT2D eigenvalue weighted by Gasteiger charge is -2.05. The van der Waals surface area contributed by atoms with Crippen molar-refractivity contribution in [3.63, 3.8) is 0 Å². The van der Waals surface area contributed by atoms with Gasteiger partial charge in [-0.2, -0.15) is 4.39 Å². The second kappa shape index (κ2) is 5.27. The first kappa shape index (κ1) is 12.0. The molecule has 0 bridgehead atoms. The summed E-state index contributed by atoms with van der Waals surface area (Å²) in [5.41, 5.74) is -1.51. The predicted molar refractivity (Wildman–Crippen MR) is 61.5 cm³/mol. The zero-order chi connectivity index (χ0) is 12.3. The number of aryl methyl sites for hydroxylation is 1. The van der Waals surface area contributed by atoms with Gasteiger partial charge in [0.1, 0.15) is 0 Å². The average molecular weight is 241 g/mol. The molecule has 5 nitrogen and oxygen atoms in total. The fourth-order valence-electron chi connectivity index (χ4n) is 1.65. The first-order valence-corrected chi connectivity index (χ1v) is 5.89. The van der Waals surface area contributed by atoms with Gasteiger partial charge in [0.05, 0.1) is 6.20 Å². The fourth-order valence-corrected chi connectivity index (χ4v) is 1.65. The van der Waals surface area contributed by atoms with E-state index in [1.807, 2.05) is 4.98 Å². The third-order valence-corrected chi connectivity index (χ3v) is 2.80. The van der Waals surface area contributed by atoms with Crippen LogP contribution in [0.3, 0.4) is 0 Å². The van der Waals surface area contributed by atoms with Gasteiger partial charge in [-0.1, -0.05) is 0 Å². The van der Waals surface area contributed by atoms with Crippen molar-refractivity contribution >= 4 is 0 Å². The normalized spacial score (nSPS) is 15.1. The SMILES string of the molecule is O=c1[nH]c(=O)n(CCCCNC2CC2)cc1F. The van der Waals surface area contributed by atoms with Crippen molar-refractivity contribution in [3.05, 3.63) is 32.9 Å². The summed E-state index contributed by atoms with van der Waals surface area (Å²) in [6, 6.07) is 0.684. The Hall–Kier alpha value is -1.43. The van der Waals surface area contributed by atoms with Crippen LogP contribution in [0.1, 0.15) is 25.7 Å². The van der Waals surface area contributed by atoms with Crippen molar-refractivity contribution in [2.24, 2.45) is 0 Å². The van der Waals surface area contributed by atoms with Crippen LogP contribution < -0.4 is 16.6 Å². The van der Waals surface area contributed by atoms with Gasteiger partial charge in [0.25, 0.3) is 5.56 Å². The van der Waals surface area contributed by atoms with Crippen LogP contribution >= 0.6 is 0 Å². The summed E-state index contributed by atoms with van der Waals surface area (Å²) in [4.78, 5) is 24.0. The van der Waals surface area contributed by atoms with E-state index in [0.717, 1.165) is 25.6 Å². The molecule has 2 N–H and O–H groups in total. The maximum atomic E-state index is 12.9. The Morgan fingerprint density at radius 3 is 2.88 bits per heavy atom. The van der Waals surface area contributed by atoms with Gasteiger partial charge in [-0.15, -0.1) is 0 Å². The second-order valence-corrected chi connectivity index (χ2v) is 4.37. The summed E-state index contributed by atoms with van der Waals surface area (Å²) in [5, 5.41) is 3.36. The van der Waals surface area contributed by atoms with Gasteiger partial charge < -0.3 is 5.32 Å². The van der Waals surface area contributed by atoms with Crippen LogP contribution in [0.2, 0.25) is 0 Å². The Morgan fingerprint density at radius 2 is 2.18 bits per heavy atom. The molecule has 0 radical (unpaired) electrons. The average Bonchev–Trinajstić information content (AvgIpc) is 3.08. The number of hydrogen-bond donors (Lipinski definition) is 2. The van der Waals surface area contributed by atoms with Crippen molar-refractivity contribution < 1.29 is 4.39 Å². The van der Waals surface area contributed by atoms with E-state index >= 15 is 0 Å². The minimum absolute atomic E-state index is 0.429. The van der Waals surface area contributed by atoms with Crippen LogP contribution in [0.5, 0.6) is 0 Å². The van der Waals surface area contributed by atoms with Gasteiger partial charge >= 0.3 is 5.69 Å². The van der Waals surface area contributed by atoms with E-state index in [0.29, 0.717) is 12.6 Å². The van der Waals surface area contributed by atoms with Crippen LogP contribution in [0, 0.1) is 5.82 Å². The first-order valence-electron chi connectivity index (χ1n) is 5.89. The van der Waals surface area contributed by atoms with E-state index in [4.69, 9.17) is 0 Å². The molecule has 0 saturated heterocycles. The van der Waals surface area contributed by atoms with Crippen molar-refractivity contribution in [3.8, 4) is 0 Å². The predicted octanol–water partition coefficient (Wildman–Crippen LogP) is 0.208. The number of H-pyrrole nitrogens is 1. The molecule has 0 amide bonds. The van der Waals surface area contributed by atoms with Crippen LogP contribution in [-0.4, -0.2) is 22.1 Å². The Kier molecular flexibility index (Phi) is 3.73. The van der Waals surface area contributed by atoms with Gasteiger partial charge in [-0.05, 0) is 32.2 Å². The number of nitrogens with one attached hydrogen (secondary N) is 2. The Balaban J connectivity index is 1.79. The third kappa shape index (κ3) is 3.52. The number of hydrogen-bond acceptors (Lipinski definition) is 3. The largest absolute Gasteiger partial charge is 0.328 e. The van der Waals surface area contributed by atoms with E-state index in [1.165, 1.54) is 17.4 Å². The molecule has 0 aromatic carbocycles.